The van der Waals surface area contributed by atoms with Crippen molar-refractivity contribution < 1.29 is 5.11 Å². The molecular formula is C15H24O. The Balaban J connectivity index is 3.04. The minimum absolute atomic E-state index is 0.102. The first kappa shape index (κ1) is 13.1. The summed E-state index contributed by atoms with van der Waals surface area (Å²) in [7, 11) is 0. The van der Waals surface area contributed by atoms with Gasteiger partial charge in [-0.15, -0.1) is 0 Å². The van der Waals surface area contributed by atoms with Gasteiger partial charge < -0.3 is 5.11 Å². The van der Waals surface area contributed by atoms with Crippen molar-refractivity contribution in [2.75, 3.05) is 0 Å². The molecule has 0 radical (unpaired) electrons. The predicted octanol–water partition coefficient (Wildman–Crippen LogP) is 4.28. The van der Waals surface area contributed by atoms with Gasteiger partial charge in [0.25, 0.3) is 0 Å². The van der Waals surface area contributed by atoms with Crippen LogP contribution < -0.4 is 0 Å². The van der Waals surface area contributed by atoms with Crippen LogP contribution in [0.3, 0.4) is 0 Å². The first-order valence-corrected chi connectivity index (χ1v) is 6.13. The fourth-order valence-corrected chi connectivity index (χ4v) is 1.97. The largest absolute Gasteiger partial charge is 0.508 e. The quantitative estimate of drug-likeness (QED) is 0.806. The first-order valence-electron chi connectivity index (χ1n) is 6.13. The maximum absolute atomic E-state index is 9.97. The van der Waals surface area contributed by atoms with Crippen LogP contribution in [0.15, 0.2) is 18.2 Å². The molecule has 0 spiro atoms. The molecule has 0 fully saturated rings. The molecule has 0 heterocycles. The SMILES string of the molecule is CC(C)CCc1c(O)cccc1C(C)(C)C. The minimum Gasteiger partial charge on any atom is -0.508 e. The fourth-order valence-electron chi connectivity index (χ4n) is 1.97. The Morgan fingerprint density at radius 2 is 1.81 bits per heavy atom. The molecule has 0 saturated heterocycles. The van der Waals surface area contributed by atoms with E-state index in [2.05, 4.69) is 40.7 Å². The van der Waals surface area contributed by atoms with Crippen LogP contribution in [-0.4, -0.2) is 5.11 Å². The number of hydrogen-bond donors (Lipinski definition) is 1. The Bertz CT molecular complexity index is 345. The summed E-state index contributed by atoms with van der Waals surface area (Å²) in [6.07, 6.45) is 2.09. The highest BCUT2D eigenvalue weighted by Gasteiger charge is 2.19. The third kappa shape index (κ3) is 3.26. The smallest absolute Gasteiger partial charge is 0.119 e. The lowest BCUT2D eigenvalue weighted by Crippen LogP contribution is -2.14. The summed E-state index contributed by atoms with van der Waals surface area (Å²) in [6.45, 7) is 11.0. The van der Waals surface area contributed by atoms with E-state index in [1.165, 1.54) is 5.56 Å². The topological polar surface area (TPSA) is 20.2 Å². The zero-order valence-electron chi connectivity index (χ0n) is 11.2. The lowest BCUT2D eigenvalue weighted by atomic mass is 9.82. The number of phenols is 1. The normalized spacial score (nSPS) is 12.1. The lowest BCUT2D eigenvalue weighted by molar-refractivity contribution is 0.456. The van der Waals surface area contributed by atoms with E-state index in [-0.39, 0.29) is 5.41 Å². The molecular weight excluding hydrogens is 196 g/mol. The molecule has 1 N–H and O–H groups in total. The van der Waals surface area contributed by atoms with Gasteiger partial charge in [-0.3, -0.25) is 0 Å². The number of benzene rings is 1. The molecule has 0 unspecified atom stereocenters. The van der Waals surface area contributed by atoms with Crippen LogP contribution in [0.5, 0.6) is 5.75 Å². The predicted molar refractivity (Wildman–Crippen MR) is 70.0 cm³/mol. The second-order valence-electron chi connectivity index (χ2n) is 5.99. The first-order chi connectivity index (χ1) is 7.32. The molecule has 0 atom stereocenters. The van der Waals surface area contributed by atoms with Gasteiger partial charge in [0.05, 0.1) is 0 Å². The summed E-state index contributed by atoms with van der Waals surface area (Å²) < 4.78 is 0. The molecule has 1 aromatic rings. The summed E-state index contributed by atoms with van der Waals surface area (Å²) in [5.41, 5.74) is 2.50. The Hall–Kier alpha value is -0.980. The van der Waals surface area contributed by atoms with Crippen LogP contribution in [0.4, 0.5) is 0 Å². The third-order valence-corrected chi connectivity index (χ3v) is 2.93. The van der Waals surface area contributed by atoms with Crippen molar-refractivity contribution in [2.45, 2.75) is 52.9 Å². The van der Waals surface area contributed by atoms with Gasteiger partial charge >= 0.3 is 0 Å². The van der Waals surface area contributed by atoms with Gasteiger partial charge in [-0.1, -0.05) is 46.8 Å². The molecule has 1 aromatic carbocycles. The second-order valence-corrected chi connectivity index (χ2v) is 5.99. The standard InChI is InChI=1S/C15H24O/c1-11(2)9-10-12-13(15(3,4)5)7-6-8-14(12)16/h6-8,11,16H,9-10H2,1-5H3. The zero-order valence-corrected chi connectivity index (χ0v) is 11.2. The molecule has 0 saturated carbocycles. The van der Waals surface area contributed by atoms with Crippen LogP contribution in [0.2, 0.25) is 0 Å². The van der Waals surface area contributed by atoms with Gasteiger partial charge in [-0.05, 0) is 41.4 Å². The van der Waals surface area contributed by atoms with Gasteiger partial charge in [0, 0.05) is 0 Å². The van der Waals surface area contributed by atoms with Crippen LogP contribution in [0, 0.1) is 5.92 Å². The fraction of sp³-hybridized carbons (Fsp3) is 0.600. The lowest BCUT2D eigenvalue weighted by Gasteiger charge is -2.24. The zero-order chi connectivity index (χ0) is 12.3. The van der Waals surface area contributed by atoms with E-state index in [0.717, 1.165) is 18.4 Å². The van der Waals surface area contributed by atoms with Crippen molar-refractivity contribution in [1.82, 2.24) is 0 Å². The van der Waals surface area contributed by atoms with Crippen molar-refractivity contribution in [3.05, 3.63) is 29.3 Å². The van der Waals surface area contributed by atoms with Crippen LogP contribution >= 0.6 is 0 Å². The maximum Gasteiger partial charge on any atom is 0.119 e. The summed E-state index contributed by atoms with van der Waals surface area (Å²) in [6, 6.07) is 5.87. The van der Waals surface area contributed by atoms with Crippen molar-refractivity contribution in [3.8, 4) is 5.75 Å². The van der Waals surface area contributed by atoms with E-state index in [9.17, 15) is 5.11 Å². The molecule has 90 valence electrons. The van der Waals surface area contributed by atoms with E-state index in [1.807, 2.05) is 6.07 Å². The molecule has 1 rings (SSSR count). The summed E-state index contributed by atoms with van der Waals surface area (Å²) in [5, 5.41) is 9.97. The van der Waals surface area contributed by atoms with Crippen LogP contribution in [-0.2, 0) is 11.8 Å². The van der Waals surface area contributed by atoms with Gasteiger partial charge in [0.15, 0.2) is 0 Å². The molecule has 0 aliphatic rings. The van der Waals surface area contributed by atoms with Crippen molar-refractivity contribution in [1.29, 1.82) is 0 Å². The minimum atomic E-state index is 0.102. The highest BCUT2D eigenvalue weighted by Crippen LogP contribution is 2.32. The van der Waals surface area contributed by atoms with Crippen LogP contribution in [0.1, 0.15) is 52.2 Å². The highest BCUT2D eigenvalue weighted by molar-refractivity contribution is 5.42. The molecule has 0 amide bonds. The Labute approximate surface area is 99.5 Å². The van der Waals surface area contributed by atoms with Gasteiger partial charge in [-0.25, -0.2) is 0 Å². The number of aromatic hydroxyl groups is 1. The molecule has 0 aliphatic heterocycles. The van der Waals surface area contributed by atoms with E-state index < -0.39 is 0 Å². The monoisotopic (exact) mass is 220 g/mol. The molecule has 1 heteroatoms. The molecule has 1 nitrogen and oxygen atoms in total. The molecule has 0 bridgehead atoms. The van der Waals surface area contributed by atoms with E-state index in [4.69, 9.17) is 0 Å². The Morgan fingerprint density at radius 1 is 1.19 bits per heavy atom. The van der Waals surface area contributed by atoms with Gasteiger partial charge in [0.1, 0.15) is 5.75 Å². The van der Waals surface area contributed by atoms with Crippen molar-refractivity contribution >= 4 is 0 Å². The third-order valence-electron chi connectivity index (χ3n) is 2.93. The molecule has 0 aliphatic carbocycles. The average Bonchev–Trinajstić information content (AvgIpc) is 2.13. The molecule has 0 aromatic heterocycles. The van der Waals surface area contributed by atoms with Crippen molar-refractivity contribution in [3.63, 3.8) is 0 Å². The molecule has 16 heavy (non-hydrogen) atoms. The highest BCUT2D eigenvalue weighted by atomic mass is 16.3. The van der Waals surface area contributed by atoms with Gasteiger partial charge in [0.2, 0.25) is 0 Å². The number of hydrogen-bond acceptors (Lipinski definition) is 1. The summed E-state index contributed by atoms with van der Waals surface area (Å²) in [5.74, 6) is 1.13. The summed E-state index contributed by atoms with van der Waals surface area (Å²) >= 11 is 0. The number of phenolic OH excluding ortho intramolecular Hbond substituents is 1. The van der Waals surface area contributed by atoms with Crippen LogP contribution in [0.25, 0.3) is 0 Å². The van der Waals surface area contributed by atoms with E-state index in [1.54, 1.807) is 6.07 Å². The Morgan fingerprint density at radius 3 is 2.31 bits per heavy atom. The van der Waals surface area contributed by atoms with E-state index in [0.29, 0.717) is 11.7 Å². The van der Waals surface area contributed by atoms with E-state index >= 15 is 0 Å². The van der Waals surface area contributed by atoms with Gasteiger partial charge in [-0.2, -0.15) is 0 Å². The Kier molecular flexibility index (Phi) is 4.01. The number of rotatable bonds is 3. The maximum atomic E-state index is 9.97. The average molecular weight is 220 g/mol. The van der Waals surface area contributed by atoms with Crippen molar-refractivity contribution in [2.24, 2.45) is 5.92 Å². The summed E-state index contributed by atoms with van der Waals surface area (Å²) in [4.78, 5) is 0. The second kappa shape index (κ2) is 4.90.